The second-order valence-corrected chi connectivity index (χ2v) is 6.48. The Labute approximate surface area is 154 Å². The lowest BCUT2D eigenvalue weighted by molar-refractivity contribution is -0.134. The summed E-state index contributed by atoms with van der Waals surface area (Å²) in [6.45, 7) is 2.09. The van der Waals surface area contributed by atoms with E-state index in [9.17, 15) is 9.18 Å². The first-order chi connectivity index (χ1) is 11.1. The fourth-order valence-electron chi connectivity index (χ4n) is 2.86. The van der Waals surface area contributed by atoms with Crippen molar-refractivity contribution < 1.29 is 9.18 Å². The molecule has 1 aliphatic heterocycles. The highest BCUT2D eigenvalue weighted by Gasteiger charge is 2.30. The highest BCUT2D eigenvalue weighted by Crippen LogP contribution is 2.23. The number of nitrogens with zero attached hydrogens (tertiary/aromatic N) is 3. The van der Waals surface area contributed by atoms with E-state index in [1.54, 1.807) is 18.3 Å². The minimum absolute atomic E-state index is 0. The zero-order valence-electron chi connectivity index (χ0n) is 13.2. The van der Waals surface area contributed by atoms with Gasteiger partial charge in [-0.15, -0.1) is 12.4 Å². The lowest BCUT2D eigenvalue weighted by Gasteiger charge is -2.35. The summed E-state index contributed by atoms with van der Waals surface area (Å²) in [6, 6.07) is 4.60. The number of nitrogens with one attached hydrogen (secondary N) is 1. The van der Waals surface area contributed by atoms with Gasteiger partial charge in [0, 0.05) is 39.1 Å². The van der Waals surface area contributed by atoms with Gasteiger partial charge in [0.15, 0.2) is 0 Å². The van der Waals surface area contributed by atoms with E-state index < -0.39 is 0 Å². The first kappa shape index (κ1) is 18.9. The minimum Gasteiger partial charge on any atom is -0.336 e. The molecule has 0 spiro atoms. The van der Waals surface area contributed by atoms with Crippen LogP contribution in [0.15, 0.2) is 35.1 Å². The number of halogens is 3. The average molecular weight is 418 g/mol. The van der Waals surface area contributed by atoms with Crippen LogP contribution in [-0.2, 0) is 18.3 Å². The predicted octanol–water partition coefficient (Wildman–Crippen LogP) is 2.46. The number of carbonyl (C=O) groups is 1. The van der Waals surface area contributed by atoms with Crippen molar-refractivity contribution >= 4 is 34.2 Å². The Bertz CT molecular complexity index is 724. The smallest absolute Gasteiger partial charge is 0.227 e. The molecule has 1 aliphatic rings. The maximum Gasteiger partial charge on any atom is 0.227 e. The van der Waals surface area contributed by atoms with Gasteiger partial charge in [0.25, 0.3) is 0 Å². The molecule has 0 bridgehead atoms. The molecule has 2 aromatic rings. The van der Waals surface area contributed by atoms with E-state index >= 15 is 0 Å². The van der Waals surface area contributed by atoms with E-state index in [-0.39, 0.29) is 36.6 Å². The Morgan fingerprint density at radius 2 is 2.29 bits per heavy atom. The number of hydrogen-bond donors (Lipinski definition) is 1. The van der Waals surface area contributed by atoms with Crippen LogP contribution in [0.25, 0.3) is 0 Å². The molecule has 1 saturated heterocycles. The largest absolute Gasteiger partial charge is 0.336 e. The maximum absolute atomic E-state index is 13.3. The van der Waals surface area contributed by atoms with Gasteiger partial charge in [-0.2, -0.15) is 0 Å². The van der Waals surface area contributed by atoms with Crippen LogP contribution in [0.1, 0.15) is 17.4 Å². The molecule has 0 radical (unpaired) electrons. The molecule has 1 amide bonds. The molecule has 5 nitrogen and oxygen atoms in total. The van der Waals surface area contributed by atoms with E-state index in [4.69, 9.17) is 0 Å². The predicted molar refractivity (Wildman–Crippen MR) is 95.6 cm³/mol. The van der Waals surface area contributed by atoms with Gasteiger partial charge < -0.3 is 14.8 Å². The number of piperazine rings is 1. The fraction of sp³-hybridized carbons (Fsp3) is 0.375. The maximum atomic E-state index is 13.3. The summed E-state index contributed by atoms with van der Waals surface area (Å²) in [5, 5.41) is 3.31. The van der Waals surface area contributed by atoms with Gasteiger partial charge in [0.05, 0.1) is 10.9 Å². The van der Waals surface area contributed by atoms with E-state index in [1.807, 2.05) is 22.7 Å². The summed E-state index contributed by atoms with van der Waals surface area (Å²) in [7, 11) is 1.93. The van der Waals surface area contributed by atoms with Gasteiger partial charge in [-0.3, -0.25) is 4.79 Å². The number of carbonyl (C=O) groups excluding carboxylic acids is 1. The van der Waals surface area contributed by atoms with Gasteiger partial charge in [-0.1, -0.05) is 6.07 Å². The van der Waals surface area contributed by atoms with Crippen LogP contribution >= 0.6 is 28.3 Å². The van der Waals surface area contributed by atoms with E-state index in [0.717, 1.165) is 17.9 Å². The summed E-state index contributed by atoms with van der Waals surface area (Å²) in [6.07, 6.45) is 3.87. The van der Waals surface area contributed by atoms with Crippen molar-refractivity contribution in [2.75, 3.05) is 19.6 Å². The number of imidazole rings is 1. The Kier molecular flexibility index (Phi) is 6.37. The lowest BCUT2D eigenvalue weighted by Crippen LogP contribution is -2.49. The van der Waals surface area contributed by atoms with Crippen LogP contribution in [-0.4, -0.2) is 40.0 Å². The molecule has 0 saturated carbocycles. The molecule has 2 heterocycles. The van der Waals surface area contributed by atoms with Gasteiger partial charge >= 0.3 is 0 Å². The third-order valence-corrected chi connectivity index (χ3v) is 4.67. The van der Waals surface area contributed by atoms with Crippen LogP contribution in [0.3, 0.4) is 0 Å². The monoisotopic (exact) mass is 416 g/mol. The van der Waals surface area contributed by atoms with Crippen LogP contribution in [0, 0.1) is 5.82 Å². The Morgan fingerprint density at radius 3 is 2.96 bits per heavy atom. The quantitative estimate of drug-likeness (QED) is 0.835. The van der Waals surface area contributed by atoms with Crippen LogP contribution in [0.2, 0.25) is 0 Å². The average Bonchev–Trinajstić information content (AvgIpc) is 2.97. The molecular weight excluding hydrogens is 399 g/mol. The van der Waals surface area contributed by atoms with Crippen LogP contribution < -0.4 is 5.32 Å². The Hall–Kier alpha value is -1.44. The van der Waals surface area contributed by atoms with Crippen molar-refractivity contribution in [3.05, 3.63) is 52.3 Å². The van der Waals surface area contributed by atoms with Gasteiger partial charge in [0.1, 0.15) is 17.7 Å². The first-order valence-electron chi connectivity index (χ1n) is 7.47. The molecule has 130 valence electrons. The summed E-state index contributed by atoms with van der Waals surface area (Å²) in [5.41, 5.74) is 0.792. The molecule has 1 unspecified atom stereocenters. The summed E-state index contributed by atoms with van der Waals surface area (Å²) >= 11 is 3.16. The number of aryl methyl sites for hydroxylation is 1. The Balaban J connectivity index is 0.00000208. The second-order valence-electron chi connectivity index (χ2n) is 5.63. The molecule has 8 heteroatoms. The topological polar surface area (TPSA) is 50.2 Å². The van der Waals surface area contributed by atoms with E-state index in [1.165, 1.54) is 6.07 Å². The van der Waals surface area contributed by atoms with Crippen molar-refractivity contribution in [3.63, 3.8) is 0 Å². The van der Waals surface area contributed by atoms with Gasteiger partial charge in [-0.05, 0) is 33.6 Å². The number of amides is 1. The normalized spacial score (nSPS) is 17.5. The third-order valence-electron chi connectivity index (χ3n) is 4.06. The van der Waals surface area contributed by atoms with E-state index in [2.05, 4.69) is 26.2 Å². The van der Waals surface area contributed by atoms with Crippen molar-refractivity contribution in [2.45, 2.75) is 12.5 Å². The summed E-state index contributed by atoms with van der Waals surface area (Å²) < 4.78 is 15.6. The lowest BCUT2D eigenvalue weighted by atomic mass is 10.1. The van der Waals surface area contributed by atoms with Crippen molar-refractivity contribution in [1.82, 2.24) is 19.8 Å². The van der Waals surface area contributed by atoms with Crippen molar-refractivity contribution in [1.29, 1.82) is 0 Å². The molecular formula is C16H19BrClFN4O. The number of aromatic nitrogens is 2. The molecule has 0 aliphatic carbocycles. The summed E-state index contributed by atoms with van der Waals surface area (Å²) in [5.74, 6) is 0.568. The second kappa shape index (κ2) is 8.09. The molecule has 1 aromatic heterocycles. The molecule has 1 fully saturated rings. The number of rotatable bonds is 3. The number of benzene rings is 1. The zero-order chi connectivity index (χ0) is 16.4. The highest BCUT2D eigenvalue weighted by atomic mass is 79.9. The molecule has 1 N–H and O–H groups in total. The molecule has 3 rings (SSSR count). The number of hydrogen-bond acceptors (Lipinski definition) is 3. The van der Waals surface area contributed by atoms with Gasteiger partial charge in [0.2, 0.25) is 5.91 Å². The third kappa shape index (κ3) is 3.96. The summed E-state index contributed by atoms with van der Waals surface area (Å²) in [4.78, 5) is 19.0. The molecule has 24 heavy (non-hydrogen) atoms. The van der Waals surface area contributed by atoms with Crippen LogP contribution in [0.5, 0.6) is 0 Å². The Morgan fingerprint density at radius 1 is 1.50 bits per heavy atom. The SMILES string of the molecule is Cl.Cn1ccnc1C1CNCCN1C(=O)Cc1ccc(F)c(Br)c1. The van der Waals surface area contributed by atoms with Gasteiger partial charge in [-0.25, -0.2) is 9.37 Å². The molecule has 1 atom stereocenters. The minimum atomic E-state index is -0.325. The fourth-order valence-corrected chi connectivity index (χ4v) is 3.28. The first-order valence-corrected chi connectivity index (χ1v) is 8.27. The van der Waals surface area contributed by atoms with E-state index in [0.29, 0.717) is 17.6 Å². The molecule has 1 aromatic carbocycles. The van der Waals surface area contributed by atoms with Crippen molar-refractivity contribution in [3.8, 4) is 0 Å². The highest BCUT2D eigenvalue weighted by molar-refractivity contribution is 9.10. The zero-order valence-corrected chi connectivity index (χ0v) is 15.6. The standard InChI is InChI=1S/C16H18BrFN4O.ClH/c1-21-6-5-20-16(21)14-10-19-4-7-22(14)15(23)9-11-2-3-13(18)12(17)8-11;/h2-3,5-6,8,14,19H,4,7,9-10H2,1H3;1H. The van der Waals surface area contributed by atoms with Crippen molar-refractivity contribution in [2.24, 2.45) is 7.05 Å². The van der Waals surface area contributed by atoms with Crippen LogP contribution in [0.4, 0.5) is 4.39 Å².